The van der Waals surface area contributed by atoms with E-state index in [9.17, 15) is 5.26 Å². The van der Waals surface area contributed by atoms with Crippen molar-refractivity contribution in [3.63, 3.8) is 0 Å². The zero-order valence-corrected chi connectivity index (χ0v) is 17.1. The molecule has 28 heavy (non-hydrogen) atoms. The van der Waals surface area contributed by atoms with Crippen LogP contribution in [0.25, 0.3) is 0 Å². The smallest absolute Gasteiger partial charge is 0.161 e. The van der Waals surface area contributed by atoms with Crippen LogP contribution in [0.3, 0.4) is 0 Å². The van der Waals surface area contributed by atoms with Gasteiger partial charge in [-0.3, -0.25) is 0 Å². The summed E-state index contributed by atoms with van der Waals surface area (Å²) in [6.07, 6.45) is 1.78. The van der Waals surface area contributed by atoms with Gasteiger partial charge in [-0.25, -0.2) is 0 Å². The lowest BCUT2D eigenvalue weighted by atomic mass is 9.68. The summed E-state index contributed by atoms with van der Waals surface area (Å²) in [5.41, 5.74) is 1.90. The van der Waals surface area contributed by atoms with E-state index in [0.717, 1.165) is 43.0 Å². The Labute approximate surface area is 168 Å². The number of fused-ring (bicyclic) bond motifs is 1. The van der Waals surface area contributed by atoms with Crippen molar-refractivity contribution in [3.8, 4) is 17.6 Å². The number of ether oxygens (including phenoxy) is 2. The molecule has 0 saturated heterocycles. The lowest BCUT2D eigenvalue weighted by molar-refractivity contribution is 0.0904. The topological polar surface area (TPSA) is 54.3 Å². The van der Waals surface area contributed by atoms with Gasteiger partial charge in [0.25, 0.3) is 0 Å². The van der Waals surface area contributed by atoms with Crippen LogP contribution in [-0.2, 0) is 5.41 Å². The van der Waals surface area contributed by atoms with Gasteiger partial charge in [-0.15, -0.1) is 0 Å². The fraction of sp³-hybridized carbons (Fsp3) is 0.458. The number of aryl methyl sites for hydroxylation is 1. The Morgan fingerprint density at radius 2 is 1.86 bits per heavy atom. The van der Waals surface area contributed by atoms with E-state index in [0.29, 0.717) is 6.61 Å². The molecule has 0 aromatic heterocycles. The largest absolute Gasteiger partial charge is 0.486 e. The molecule has 2 atom stereocenters. The van der Waals surface area contributed by atoms with Crippen molar-refractivity contribution >= 4 is 0 Å². The standard InChI is InChI=1S/C24H30N2O2/c1-18(2)24(17-25,21-10-5-4-9-19(21)3)13-8-14-26-15-20-16-27-22-11-6-7-12-23(22)28-20/h4-7,9-12,18,20,26H,8,13-16H2,1-3H3/t20-,24+/m1/s1. The quantitative estimate of drug-likeness (QED) is 0.681. The fourth-order valence-electron chi connectivity index (χ4n) is 3.97. The van der Waals surface area contributed by atoms with E-state index in [2.05, 4.69) is 44.3 Å². The summed E-state index contributed by atoms with van der Waals surface area (Å²) in [7, 11) is 0. The predicted octanol–water partition coefficient (Wildman–Crippen LogP) is 4.62. The van der Waals surface area contributed by atoms with Crippen molar-refractivity contribution in [3.05, 3.63) is 59.7 Å². The van der Waals surface area contributed by atoms with Gasteiger partial charge in [0.1, 0.15) is 12.7 Å². The molecule has 4 nitrogen and oxygen atoms in total. The second-order valence-corrected chi connectivity index (χ2v) is 7.86. The highest BCUT2D eigenvalue weighted by molar-refractivity contribution is 5.41. The number of benzene rings is 2. The first-order valence-electron chi connectivity index (χ1n) is 10.1. The summed E-state index contributed by atoms with van der Waals surface area (Å²) in [4.78, 5) is 0. The van der Waals surface area contributed by atoms with E-state index >= 15 is 0 Å². The lowest BCUT2D eigenvalue weighted by Crippen LogP contribution is -2.39. The molecule has 2 aromatic carbocycles. The SMILES string of the molecule is Cc1ccccc1[C@](C#N)(CCCNC[C@@H]1COc2ccccc2O1)C(C)C. The maximum atomic E-state index is 10.1. The van der Waals surface area contributed by atoms with E-state index in [-0.39, 0.29) is 12.0 Å². The summed E-state index contributed by atoms with van der Waals surface area (Å²) in [6, 6.07) is 18.7. The first-order valence-corrected chi connectivity index (χ1v) is 10.1. The monoisotopic (exact) mass is 378 g/mol. The molecule has 4 heteroatoms. The summed E-state index contributed by atoms with van der Waals surface area (Å²) < 4.78 is 11.7. The minimum absolute atomic E-state index is 0.0112. The van der Waals surface area contributed by atoms with Crippen LogP contribution in [0.2, 0.25) is 0 Å². The van der Waals surface area contributed by atoms with Crippen molar-refractivity contribution in [2.45, 2.75) is 45.1 Å². The van der Waals surface area contributed by atoms with Gasteiger partial charge in [0.15, 0.2) is 11.5 Å². The zero-order chi connectivity index (χ0) is 20.0. The number of para-hydroxylation sites is 2. The third-order valence-corrected chi connectivity index (χ3v) is 5.67. The summed E-state index contributed by atoms with van der Waals surface area (Å²) in [5, 5.41) is 13.5. The summed E-state index contributed by atoms with van der Waals surface area (Å²) in [5.74, 6) is 1.88. The second-order valence-electron chi connectivity index (χ2n) is 7.86. The molecule has 148 valence electrons. The van der Waals surface area contributed by atoms with Gasteiger partial charge in [-0.2, -0.15) is 5.26 Å². The molecule has 0 aliphatic carbocycles. The van der Waals surface area contributed by atoms with Gasteiger partial charge in [0, 0.05) is 6.54 Å². The van der Waals surface area contributed by atoms with Crippen molar-refractivity contribution in [1.29, 1.82) is 5.26 Å². The Morgan fingerprint density at radius 3 is 2.57 bits per heavy atom. The minimum Gasteiger partial charge on any atom is -0.486 e. The third-order valence-electron chi connectivity index (χ3n) is 5.67. The average molecular weight is 379 g/mol. The van der Waals surface area contributed by atoms with Crippen molar-refractivity contribution in [1.82, 2.24) is 5.32 Å². The highest BCUT2D eigenvalue weighted by Crippen LogP contribution is 2.38. The molecular weight excluding hydrogens is 348 g/mol. The average Bonchev–Trinajstić information content (AvgIpc) is 2.71. The van der Waals surface area contributed by atoms with Crippen LogP contribution in [0, 0.1) is 24.2 Å². The summed E-state index contributed by atoms with van der Waals surface area (Å²) >= 11 is 0. The number of nitriles is 1. The normalized spacial score (nSPS) is 17.8. The van der Waals surface area contributed by atoms with Gasteiger partial charge in [-0.05, 0) is 55.5 Å². The molecule has 1 heterocycles. The molecule has 1 aliphatic heterocycles. The van der Waals surface area contributed by atoms with Crippen LogP contribution >= 0.6 is 0 Å². The molecule has 0 fully saturated rings. The van der Waals surface area contributed by atoms with Gasteiger partial charge in [-0.1, -0.05) is 50.2 Å². The molecule has 2 aromatic rings. The number of hydrogen-bond donors (Lipinski definition) is 1. The van der Waals surface area contributed by atoms with E-state index in [1.54, 1.807) is 0 Å². The molecule has 0 radical (unpaired) electrons. The van der Waals surface area contributed by atoms with E-state index in [1.165, 1.54) is 5.56 Å². The molecule has 1 N–H and O–H groups in total. The highest BCUT2D eigenvalue weighted by atomic mass is 16.6. The summed E-state index contributed by atoms with van der Waals surface area (Å²) in [6.45, 7) is 8.53. The van der Waals surface area contributed by atoms with Crippen molar-refractivity contribution in [2.75, 3.05) is 19.7 Å². The van der Waals surface area contributed by atoms with E-state index < -0.39 is 5.41 Å². The van der Waals surface area contributed by atoms with Gasteiger partial charge >= 0.3 is 0 Å². The number of hydrogen-bond acceptors (Lipinski definition) is 4. The first kappa shape index (κ1) is 20.2. The first-order chi connectivity index (χ1) is 13.6. The lowest BCUT2D eigenvalue weighted by Gasteiger charge is -2.33. The third kappa shape index (κ3) is 4.31. The molecule has 3 rings (SSSR count). The Balaban J connectivity index is 1.52. The number of nitrogens with one attached hydrogen (secondary N) is 1. The molecule has 0 spiro atoms. The van der Waals surface area contributed by atoms with Crippen LogP contribution in [-0.4, -0.2) is 25.8 Å². The highest BCUT2D eigenvalue weighted by Gasteiger charge is 2.36. The Kier molecular flexibility index (Phi) is 6.59. The molecule has 0 bridgehead atoms. The van der Waals surface area contributed by atoms with Crippen LogP contribution in [0.5, 0.6) is 11.5 Å². The fourth-order valence-corrected chi connectivity index (χ4v) is 3.97. The minimum atomic E-state index is -0.448. The molecule has 0 amide bonds. The van der Waals surface area contributed by atoms with E-state index in [4.69, 9.17) is 9.47 Å². The maximum Gasteiger partial charge on any atom is 0.161 e. The molecule has 0 unspecified atom stereocenters. The van der Waals surface area contributed by atoms with Crippen molar-refractivity contribution < 1.29 is 9.47 Å². The Bertz CT molecular complexity index is 827. The van der Waals surface area contributed by atoms with Crippen LogP contribution in [0.15, 0.2) is 48.5 Å². The van der Waals surface area contributed by atoms with Crippen molar-refractivity contribution in [2.24, 2.45) is 5.92 Å². The molecule has 1 aliphatic rings. The van der Waals surface area contributed by atoms with Gasteiger partial charge < -0.3 is 14.8 Å². The van der Waals surface area contributed by atoms with Gasteiger partial charge in [0.05, 0.1) is 11.5 Å². The maximum absolute atomic E-state index is 10.1. The van der Waals surface area contributed by atoms with E-state index in [1.807, 2.05) is 36.4 Å². The second kappa shape index (κ2) is 9.12. The Hall–Kier alpha value is -2.51. The van der Waals surface area contributed by atoms with Gasteiger partial charge in [0.2, 0.25) is 0 Å². The molecular formula is C24H30N2O2. The van der Waals surface area contributed by atoms with Crippen LogP contribution in [0.4, 0.5) is 0 Å². The van der Waals surface area contributed by atoms with Crippen LogP contribution in [0.1, 0.15) is 37.8 Å². The zero-order valence-electron chi connectivity index (χ0n) is 17.1. The van der Waals surface area contributed by atoms with Crippen LogP contribution < -0.4 is 14.8 Å². The Morgan fingerprint density at radius 1 is 1.14 bits per heavy atom. The predicted molar refractivity (Wildman–Crippen MR) is 112 cm³/mol. The molecule has 0 saturated carbocycles. The number of nitrogens with zero attached hydrogens (tertiary/aromatic N) is 1. The number of rotatable bonds is 8.